The molecular weight excluding hydrogens is 360 g/mol. The third-order valence-corrected chi connectivity index (χ3v) is 5.20. The average Bonchev–Trinajstić information content (AvgIpc) is 2.88. The van der Waals surface area contributed by atoms with E-state index < -0.39 is 0 Å². The summed E-state index contributed by atoms with van der Waals surface area (Å²) in [4.78, 5) is 10.6. The van der Waals surface area contributed by atoms with Gasteiger partial charge in [-0.2, -0.15) is 0 Å². The molecule has 108 valence electrons. The topological polar surface area (TPSA) is 66.8 Å². The Morgan fingerprint density at radius 3 is 2.85 bits per heavy atom. The zero-order valence-electron chi connectivity index (χ0n) is 11.4. The van der Waals surface area contributed by atoms with Crippen LogP contribution in [-0.4, -0.2) is 40.8 Å². The third-order valence-electron chi connectivity index (χ3n) is 2.21. The van der Waals surface area contributed by atoms with E-state index >= 15 is 0 Å². The second-order valence-electron chi connectivity index (χ2n) is 4.12. The average molecular weight is 375 g/mol. The first-order valence-electron chi connectivity index (χ1n) is 6.05. The molecule has 0 amide bonds. The van der Waals surface area contributed by atoms with Crippen molar-refractivity contribution in [1.29, 1.82) is 0 Å². The first-order valence-corrected chi connectivity index (χ1v) is 8.48. The lowest BCUT2D eigenvalue weighted by Crippen LogP contribution is -2.07. The molecule has 0 aliphatic rings. The molecule has 9 heteroatoms. The highest BCUT2D eigenvalue weighted by Crippen LogP contribution is 2.35. The molecule has 0 saturated carbocycles. The number of rotatable bonds is 6. The second kappa shape index (κ2) is 7.19. The van der Waals surface area contributed by atoms with Gasteiger partial charge in [0.25, 0.3) is 0 Å². The minimum atomic E-state index is 0.634. The van der Waals surface area contributed by atoms with Crippen molar-refractivity contribution in [1.82, 2.24) is 20.2 Å². The van der Waals surface area contributed by atoms with E-state index in [1.165, 1.54) is 23.1 Å². The Morgan fingerprint density at radius 2 is 2.20 bits per heavy atom. The van der Waals surface area contributed by atoms with Gasteiger partial charge < -0.3 is 10.2 Å². The highest BCUT2D eigenvalue weighted by atomic mass is 79.9. The van der Waals surface area contributed by atoms with Crippen LogP contribution in [0.3, 0.4) is 0 Å². The summed E-state index contributed by atoms with van der Waals surface area (Å²) < 4.78 is 1.71. The molecule has 2 heterocycles. The number of halogens is 1. The summed E-state index contributed by atoms with van der Waals surface area (Å²) in [5, 5.41) is 13.2. The fraction of sp³-hybridized carbons (Fsp3) is 0.455. The van der Waals surface area contributed by atoms with Gasteiger partial charge in [0.15, 0.2) is 4.34 Å². The SMILES string of the molecule is CCCNc1ncc(Br)c(Sc2nnc(N(C)C)s2)n1. The molecule has 0 saturated heterocycles. The highest BCUT2D eigenvalue weighted by molar-refractivity contribution is 9.10. The van der Waals surface area contributed by atoms with Gasteiger partial charge in [-0.3, -0.25) is 0 Å². The Labute approximate surface area is 134 Å². The van der Waals surface area contributed by atoms with Crippen LogP contribution in [0.2, 0.25) is 0 Å². The molecule has 0 radical (unpaired) electrons. The molecule has 0 spiro atoms. The summed E-state index contributed by atoms with van der Waals surface area (Å²) >= 11 is 6.48. The van der Waals surface area contributed by atoms with Crippen LogP contribution >= 0.6 is 39.0 Å². The number of nitrogens with zero attached hydrogens (tertiary/aromatic N) is 5. The van der Waals surface area contributed by atoms with Gasteiger partial charge in [-0.15, -0.1) is 10.2 Å². The normalized spacial score (nSPS) is 10.6. The van der Waals surface area contributed by atoms with E-state index in [1.807, 2.05) is 19.0 Å². The van der Waals surface area contributed by atoms with Crippen molar-refractivity contribution < 1.29 is 0 Å². The molecule has 20 heavy (non-hydrogen) atoms. The van der Waals surface area contributed by atoms with Crippen molar-refractivity contribution in [2.75, 3.05) is 30.9 Å². The van der Waals surface area contributed by atoms with E-state index in [4.69, 9.17) is 0 Å². The maximum Gasteiger partial charge on any atom is 0.223 e. The van der Waals surface area contributed by atoms with Crippen LogP contribution in [0.5, 0.6) is 0 Å². The number of nitrogens with one attached hydrogen (secondary N) is 1. The van der Waals surface area contributed by atoms with Crippen LogP contribution < -0.4 is 10.2 Å². The Hall–Kier alpha value is -0.930. The molecule has 0 fully saturated rings. The second-order valence-corrected chi connectivity index (χ2v) is 7.17. The lowest BCUT2D eigenvalue weighted by atomic mass is 10.5. The van der Waals surface area contributed by atoms with E-state index in [0.29, 0.717) is 5.95 Å². The smallest absolute Gasteiger partial charge is 0.223 e. The molecule has 0 aliphatic heterocycles. The predicted molar refractivity (Wildman–Crippen MR) is 86.9 cm³/mol. The summed E-state index contributed by atoms with van der Waals surface area (Å²) in [6, 6.07) is 0. The van der Waals surface area contributed by atoms with Crippen molar-refractivity contribution in [3.63, 3.8) is 0 Å². The molecule has 0 aliphatic carbocycles. The molecule has 1 N–H and O–H groups in total. The van der Waals surface area contributed by atoms with Crippen LogP contribution in [-0.2, 0) is 0 Å². The number of hydrogen-bond acceptors (Lipinski definition) is 8. The van der Waals surface area contributed by atoms with E-state index in [1.54, 1.807) is 6.20 Å². The van der Waals surface area contributed by atoms with Gasteiger partial charge in [0.05, 0.1) is 4.47 Å². The summed E-state index contributed by atoms with van der Waals surface area (Å²) in [5.74, 6) is 0.634. The predicted octanol–water partition coefficient (Wildman–Crippen LogP) is 3.13. The van der Waals surface area contributed by atoms with Gasteiger partial charge in [-0.1, -0.05) is 18.3 Å². The molecule has 0 bridgehead atoms. The molecule has 0 atom stereocenters. The fourth-order valence-electron chi connectivity index (χ4n) is 1.25. The molecular formula is C11H15BrN6S2. The van der Waals surface area contributed by atoms with Gasteiger partial charge in [-0.25, -0.2) is 9.97 Å². The summed E-state index contributed by atoms with van der Waals surface area (Å²) in [6.45, 7) is 2.96. The van der Waals surface area contributed by atoms with Crippen LogP contribution in [0.25, 0.3) is 0 Å². The van der Waals surface area contributed by atoms with Gasteiger partial charge in [0.2, 0.25) is 11.1 Å². The van der Waals surface area contributed by atoms with E-state index in [-0.39, 0.29) is 0 Å². The first-order chi connectivity index (χ1) is 9.60. The minimum Gasteiger partial charge on any atom is -0.354 e. The maximum absolute atomic E-state index is 4.48. The van der Waals surface area contributed by atoms with E-state index in [2.05, 4.69) is 48.3 Å². The Kier molecular flexibility index (Phi) is 5.55. The Bertz CT molecular complexity index is 574. The molecule has 0 aromatic carbocycles. The van der Waals surface area contributed by atoms with Crippen LogP contribution in [0.4, 0.5) is 11.1 Å². The number of hydrogen-bond donors (Lipinski definition) is 1. The van der Waals surface area contributed by atoms with Crippen LogP contribution in [0, 0.1) is 0 Å². The zero-order chi connectivity index (χ0) is 14.5. The number of aromatic nitrogens is 4. The first kappa shape index (κ1) is 15.5. The van der Waals surface area contributed by atoms with Gasteiger partial charge in [-0.05, 0) is 34.1 Å². The summed E-state index contributed by atoms with van der Waals surface area (Å²) in [6.07, 6.45) is 2.78. The van der Waals surface area contributed by atoms with Crippen LogP contribution in [0.15, 0.2) is 20.0 Å². The van der Waals surface area contributed by atoms with E-state index in [0.717, 1.165) is 31.9 Å². The minimum absolute atomic E-state index is 0.634. The van der Waals surface area contributed by atoms with Gasteiger partial charge >= 0.3 is 0 Å². The Balaban J connectivity index is 2.14. The standard InChI is InChI=1S/C11H15BrN6S2/c1-4-5-13-9-14-6-7(12)8(15-9)19-11-17-16-10(20-11)18(2)3/h6H,4-5H2,1-3H3,(H,13,14,15). The molecule has 0 unspecified atom stereocenters. The molecule has 2 aromatic rings. The van der Waals surface area contributed by atoms with Gasteiger partial charge in [0.1, 0.15) is 5.03 Å². The highest BCUT2D eigenvalue weighted by Gasteiger charge is 2.12. The Morgan fingerprint density at radius 1 is 1.40 bits per heavy atom. The van der Waals surface area contributed by atoms with Crippen molar-refractivity contribution in [3.8, 4) is 0 Å². The monoisotopic (exact) mass is 374 g/mol. The lowest BCUT2D eigenvalue weighted by molar-refractivity contribution is 0.928. The summed E-state index contributed by atoms with van der Waals surface area (Å²) in [5.41, 5.74) is 0. The molecule has 6 nitrogen and oxygen atoms in total. The van der Waals surface area contributed by atoms with Gasteiger partial charge in [0, 0.05) is 26.8 Å². The zero-order valence-corrected chi connectivity index (χ0v) is 14.6. The van der Waals surface area contributed by atoms with Crippen molar-refractivity contribution in [2.45, 2.75) is 22.7 Å². The van der Waals surface area contributed by atoms with Crippen molar-refractivity contribution in [2.24, 2.45) is 0 Å². The number of anilines is 2. The fourth-order valence-corrected chi connectivity index (χ4v) is 3.34. The third kappa shape index (κ3) is 4.03. The molecule has 2 aromatic heterocycles. The van der Waals surface area contributed by atoms with Crippen molar-refractivity contribution in [3.05, 3.63) is 10.7 Å². The quantitative estimate of drug-likeness (QED) is 0.778. The maximum atomic E-state index is 4.48. The van der Waals surface area contributed by atoms with E-state index in [9.17, 15) is 0 Å². The summed E-state index contributed by atoms with van der Waals surface area (Å²) in [7, 11) is 3.89. The van der Waals surface area contributed by atoms with Crippen molar-refractivity contribution >= 4 is 50.1 Å². The lowest BCUT2D eigenvalue weighted by Gasteiger charge is -2.06. The largest absolute Gasteiger partial charge is 0.354 e. The van der Waals surface area contributed by atoms with Crippen LogP contribution in [0.1, 0.15) is 13.3 Å². The molecule has 2 rings (SSSR count).